The molecule has 1 fully saturated rings. The molecule has 0 saturated heterocycles. The molecule has 0 amide bonds. The summed E-state index contributed by atoms with van der Waals surface area (Å²) in [5, 5.41) is 0. The van der Waals surface area contributed by atoms with Gasteiger partial charge in [0.15, 0.2) is 0 Å². The molecular weight excluding hydrogens is 509 g/mol. The number of halogens is 5. The molecule has 2 aliphatic rings. The van der Waals surface area contributed by atoms with Crippen molar-refractivity contribution in [3.8, 4) is 11.5 Å². The van der Waals surface area contributed by atoms with E-state index in [4.69, 9.17) is 14.2 Å². The average molecular weight is 531 g/mol. The molecule has 0 radical (unpaired) electrons. The van der Waals surface area contributed by atoms with Crippen LogP contribution in [0, 0.1) is 0 Å². The molecule has 0 N–H and O–H groups in total. The SMILES string of the molecule is COC(=O)c1ccc2c(c1)[C@H]1[C@@H](N2C(=C(F)F)c2ccc(OC)cc2)[C@]1(c1ccc(OC)cc1)C(F)(F)F. The molecule has 5 rings (SSSR count). The minimum atomic E-state index is -4.81. The third kappa shape index (κ3) is 3.61. The lowest BCUT2D eigenvalue weighted by Gasteiger charge is -2.33. The zero-order valence-corrected chi connectivity index (χ0v) is 20.5. The number of carbonyl (C=O) groups excluding carboxylic acids is 1. The second-order valence-electron chi connectivity index (χ2n) is 8.99. The summed E-state index contributed by atoms with van der Waals surface area (Å²) >= 11 is 0. The van der Waals surface area contributed by atoms with Gasteiger partial charge in [0, 0.05) is 17.2 Å². The quantitative estimate of drug-likeness (QED) is 0.267. The van der Waals surface area contributed by atoms with Gasteiger partial charge in [-0.25, -0.2) is 4.79 Å². The summed E-state index contributed by atoms with van der Waals surface area (Å²) in [6.45, 7) is 0. The highest BCUT2D eigenvalue weighted by molar-refractivity contribution is 5.94. The summed E-state index contributed by atoms with van der Waals surface area (Å²) in [5.41, 5.74) is -2.89. The Morgan fingerprint density at radius 2 is 1.39 bits per heavy atom. The number of ether oxygens (including phenoxy) is 3. The third-order valence-corrected chi connectivity index (χ3v) is 7.31. The second kappa shape index (κ2) is 9.04. The van der Waals surface area contributed by atoms with Crippen molar-refractivity contribution in [3.63, 3.8) is 0 Å². The van der Waals surface area contributed by atoms with Gasteiger partial charge in [-0.15, -0.1) is 0 Å². The Labute approximate surface area is 215 Å². The largest absolute Gasteiger partial charge is 0.497 e. The van der Waals surface area contributed by atoms with Crippen molar-refractivity contribution >= 4 is 17.4 Å². The van der Waals surface area contributed by atoms with Gasteiger partial charge < -0.3 is 19.1 Å². The zero-order chi connectivity index (χ0) is 27.4. The minimum Gasteiger partial charge on any atom is -0.497 e. The Morgan fingerprint density at radius 3 is 1.89 bits per heavy atom. The Balaban J connectivity index is 1.75. The summed E-state index contributed by atoms with van der Waals surface area (Å²) in [4.78, 5) is 13.3. The van der Waals surface area contributed by atoms with E-state index in [0.717, 1.165) is 12.0 Å². The first-order valence-electron chi connectivity index (χ1n) is 11.5. The predicted octanol–water partition coefficient (Wildman–Crippen LogP) is 6.54. The first kappa shape index (κ1) is 25.6. The van der Waals surface area contributed by atoms with Gasteiger partial charge in [0.1, 0.15) is 22.6 Å². The van der Waals surface area contributed by atoms with Gasteiger partial charge in [-0.3, -0.25) is 0 Å². The normalized spacial score (nSPS) is 21.3. The number of anilines is 1. The number of rotatable bonds is 6. The Kier molecular flexibility index (Phi) is 6.08. The van der Waals surface area contributed by atoms with Crippen LogP contribution in [0.3, 0.4) is 0 Å². The van der Waals surface area contributed by atoms with Gasteiger partial charge in [0.25, 0.3) is 6.08 Å². The molecule has 0 spiro atoms. The summed E-state index contributed by atoms with van der Waals surface area (Å²) in [5.74, 6) is -1.23. The summed E-state index contributed by atoms with van der Waals surface area (Å²) in [6, 6.07) is 13.7. The van der Waals surface area contributed by atoms with Crippen LogP contribution in [0.4, 0.5) is 27.6 Å². The fraction of sp³-hybridized carbons (Fsp3) is 0.250. The van der Waals surface area contributed by atoms with Crippen molar-refractivity contribution in [2.45, 2.75) is 23.6 Å². The fourth-order valence-electron chi connectivity index (χ4n) is 5.63. The van der Waals surface area contributed by atoms with Crippen molar-refractivity contribution in [2.75, 3.05) is 26.2 Å². The maximum atomic E-state index is 15.1. The molecule has 1 aliphatic carbocycles. The molecule has 10 heteroatoms. The highest BCUT2D eigenvalue weighted by atomic mass is 19.4. The highest BCUT2D eigenvalue weighted by Gasteiger charge is 2.84. The average Bonchev–Trinajstić information content (AvgIpc) is 3.52. The van der Waals surface area contributed by atoms with E-state index < -0.39 is 41.3 Å². The molecule has 3 aromatic rings. The molecule has 3 aromatic carbocycles. The maximum Gasteiger partial charge on any atom is 0.401 e. The van der Waals surface area contributed by atoms with Crippen LogP contribution in [-0.4, -0.2) is 39.5 Å². The molecule has 0 bridgehead atoms. The molecule has 0 aromatic heterocycles. The van der Waals surface area contributed by atoms with E-state index in [-0.39, 0.29) is 27.9 Å². The van der Waals surface area contributed by atoms with Crippen molar-refractivity contribution in [2.24, 2.45) is 0 Å². The number of carbonyl (C=O) groups is 1. The molecule has 0 unspecified atom stereocenters. The van der Waals surface area contributed by atoms with E-state index in [1.54, 1.807) is 0 Å². The molecular formula is C28H22F5NO4. The van der Waals surface area contributed by atoms with Gasteiger partial charge >= 0.3 is 12.1 Å². The fourth-order valence-corrected chi connectivity index (χ4v) is 5.63. The van der Waals surface area contributed by atoms with Gasteiger partial charge in [-0.2, -0.15) is 22.0 Å². The van der Waals surface area contributed by atoms with Crippen molar-refractivity contribution < 1.29 is 41.0 Å². The van der Waals surface area contributed by atoms with Crippen LogP contribution in [0.1, 0.15) is 33.0 Å². The maximum absolute atomic E-state index is 15.1. The number of hydrogen-bond acceptors (Lipinski definition) is 5. The number of fused-ring (bicyclic) bond motifs is 3. The van der Waals surface area contributed by atoms with E-state index in [0.29, 0.717) is 11.5 Å². The van der Waals surface area contributed by atoms with Gasteiger partial charge in [-0.05, 0) is 65.7 Å². The monoisotopic (exact) mass is 531 g/mol. The van der Waals surface area contributed by atoms with E-state index >= 15 is 13.2 Å². The zero-order valence-electron chi connectivity index (χ0n) is 20.5. The molecule has 1 aliphatic heterocycles. The number of methoxy groups -OCH3 is 3. The van der Waals surface area contributed by atoms with Crippen LogP contribution in [-0.2, 0) is 10.2 Å². The smallest absolute Gasteiger partial charge is 0.401 e. The van der Waals surface area contributed by atoms with E-state index in [1.807, 2.05) is 0 Å². The lowest BCUT2D eigenvalue weighted by atomic mass is 9.87. The van der Waals surface area contributed by atoms with E-state index in [9.17, 15) is 13.6 Å². The van der Waals surface area contributed by atoms with Gasteiger partial charge in [-0.1, -0.05) is 12.1 Å². The van der Waals surface area contributed by atoms with E-state index in [1.165, 1.54) is 80.9 Å². The molecule has 3 atom stereocenters. The van der Waals surface area contributed by atoms with Gasteiger partial charge in [0.05, 0.1) is 32.9 Å². The van der Waals surface area contributed by atoms with Crippen LogP contribution in [0.15, 0.2) is 72.8 Å². The summed E-state index contributed by atoms with van der Waals surface area (Å²) in [6.07, 6.45) is -6.96. The number of nitrogens with zero attached hydrogens (tertiary/aromatic N) is 1. The molecule has 198 valence electrons. The number of alkyl halides is 3. The number of hydrogen-bond donors (Lipinski definition) is 0. The summed E-state index contributed by atoms with van der Waals surface area (Å²) in [7, 11) is 3.96. The van der Waals surface area contributed by atoms with Crippen LogP contribution in [0.2, 0.25) is 0 Å². The van der Waals surface area contributed by atoms with Crippen LogP contribution < -0.4 is 14.4 Å². The molecule has 1 heterocycles. The number of esters is 1. The van der Waals surface area contributed by atoms with Gasteiger partial charge in [0.2, 0.25) is 0 Å². The van der Waals surface area contributed by atoms with Crippen molar-refractivity contribution in [1.82, 2.24) is 0 Å². The van der Waals surface area contributed by atoms with Crippen LogP contribution >= 0.6 is 0 Å². The third-order valence-electron chi connectivity index (χ3n) is 7.31. The first-order chi connectivity index (χ1) is 18.1. The highest BCUT2D eigenvalue weighted by Crippen LogP contribution is 2.75. The first-order valence-corrected chi connectivity index (χ1v) is 11.5. The Hall–Kier alpha value is -4.08. The lowest BCUT2D eigenvalue weighted by molar-refractivity contribution is -0.163. The van der Waals surface area contributed by atoms with Crippen molar-refractivity contribution in [1.29, 1.82) is 0 Å². The predicted molar refractivity (Wildman–Crippen MR) is 130 cm³/mol. The topological polar surface area (TPSA) is 48.0 Å². The molecule has 38 heavy (non-hydrogen) atoms. The summed E-state index contributed by atoms with van der Waals surface area (Å²) < 4.78 is 89.5. The van der Waals surface area contributed by atoms with E-state index in [2.05, 4.69) is 0 Å². The van der Waals surface area contributed by atoms with Crippen LogP contribution in [0.25, 0.3) is 5.70 Å². The van der Waals surface area contributed by atoms with Crippen molar-refractivity contribution in [3.05, 3.63) is 95.1 Å². The second-order valence-corrected chi connectivity index (χ2v) is 8.99. The Morgan fingerprint density at radius 1 is 0.842 bits per heavy atom. The molecule has 1 saturated carbocycles. The van der Waals surface area contributed by atoms with Crippen LogP contribution in [0.5, 0.6) is 11.5 Å². The Bertz CT molecular complexity index is 1410. The standard InChI is InChI=1S/C28H22F5NO4/c1-36-18-9-4-15(5-10-18)23(25(29)30)34-21-13-6-16(26(35)38-3)14-20(21)22-24(34)27(22,28(31,32)33)17-7-11-19(37-2)12-8-17/h4-14,22,24H,1-3H3/t22-,24+,27+/m0/s1. The number of benzene rings is 3. The minimum absolute atomic E-state index is 0.0205. The molecule has 5 nitrogen and oxygen atoms in total. The lowest BCUT2D eigenvalue weighted by Crippen LogP contribution is -2.40.